The molecule has 0 atom stereocenters. The smallest absolute Gasteiger partial charge is 0.243 e. The van der Waals surface area contributed by atoms with Crippen LogP contribution >= 0.6 is 0 Å². The van der Waals surface area contributed by atoms with Crippen LogP contribution in [0, 0.1) is 6.92 Å². The second-order valence-electron chi connectivity index (χ2n) is 6.41. The van der Waals surface area contributed by atoms with Crippen LogP contribution in [-0.4, -0.2) is 38.3 Å². The van der Waals surface area contributed by atoms with Gasteiger partial charge in [0.25, 0.3) is 0 Å². The summed E-state index contributed by atoms with van der Waals surface area (Å²) in [6.07, 6.45) is 1.81. The van der Waals surface area contributed by atoms with Crippen LogP contribution in [0.2, 0.25) is 0 Å². The van der Waals surface area contributed by atoms with Crippen molar-refractivity contribution in [2.45, 2.75) is 24.7 Å². The summed E-state index contributed by atoms with van der Waals surface area (Å²) >= 11 is 0. The normalized spacial score (nSPS) is 15.0. The molecule has 7 heteroatoms. The first-order valence-corrected chi connectivity index (χ1v) is 10.1. The topological polar surface area (TPSA) is 78.5 Å². The van der Waals surface area contributed by atoms with Crippen molar-refractivity contribution >= 4 is 27.3 Å². The minimum atomic E-state index is -3.43. The molecular formula is C19H23N3O3S. The highest BCUT2D eigenvalue weighted by molar-refractivity contribution is 7.89. The molecule has 3 rings (SSSR count). The predicted octanol–water partition coefficient (Wildman–Crippen LogP) is 2.83. The van der Waals surface area contributed by atoms with Crippen LogP contribution in [0.4, 0.5) is 11.4 Å². The average molecular weight is 373 g/mol. The molecule has 2 aromatic carbocycles. The van der Waals surface area contributed by atoms with Crippen molar-refractivity contribution < 1.29 is 13.2 Å². The zero-order valence-corrected chi connectivity index (χ0v) is 15.6. The van der Waals surface area contributed by atoms with Crippen molar-refractivity contribution in [3.63, 3.8) is 0 Å². The third-order valence-electron chi connectivity index (χ3n) is 4.31. The number of carbonyl (C=O) groups is 1. The number of nitrogens with one attached hydrogen (secondary N) is 2. The molecule has 0 saturated carbocycles. The van der Waals surface area contributed by atoms with Crippen LogP contribution < -0.4 is 10.6 Å². The Hall–Kier alpha value is -2.38. The number of benzene rings is 2. The van der Waals surface area contributed by atoms with Crippen molar-refractivity contribution in [1.29, 1.82) is 0 Å². The fourth-order valence-electron chi connectivity index (χ4n) is 2.93. The maximum atomic E-state index is 12.5. The second kappa shape index (κ2) is 7.88. The first-order chi connectivity index (χ1) is 12.4. The molecule has 2 aromatic rings. The molecule has 1 saturated heterocycles. The first-order valence-electron chi connectivity index (χ1n) is 8.66. The van der Waals surface area contributed by atoms with Crippen LogP contribution in [0.1, 0.15) is 18.4 Å². The van der Waals surface area contributed by atoms with E-state index in [2.05, 4.69) is 10.6 Å². The summed E-state index contributed by atoms with van der Waals surface area (Å²) < 4.78 is 26.5. The van der Waals surface area contributed by atoms with Gasteiger partial charge in [0.1, 0.15) is 0 Å². The van der Waals surface area contributed by atoms with Crippen LogP contribution in [0.25, 0.3) is 0 Å². The Labute approximate surface area is 154 Å². The molecule has 1 fully saturated rings. The number of rotatable bonds is 6. The first kappa shape index (κ1) is 18.4. The van der Waals surface area contributed by atoms with Gasteiger partial charge in [0.15, 0.2) is 0 Å². The molecular weight excluding hydrogens is 350 g/mol. The molecule has 1 aliphatic heterocycles. The van der Waals surface area contributed by atoms with Crippen molar-refractivity contribution in [3.05, 3.63) is 54.1 Å². The van der Waals surface area contributed by atoms with Gasteiger partial charge in [0, 0.05) is 24.5 Å². The molecule has 6 nitrogen and oxygen atoms in total. The summed E-state index contributed by atoms with van der Waals surface area (Å²) in [6.45, 7) is 3.27. The summed E-state index contributed by atoms with van der Waals surface area (Å²) in [5, 5.41) is 5.83. The lowest BCUT2D eigenvalue weighted by atomic mass is 10.2. The fourth-order valence-corrected chi connectivity index (χ4v) is 4.45. The minimum absolute atomic E-state index is 0.136. The summed E-state index contributed by atoms with van der Waals surface area (Å²) in [4.78, 5) is 12.3. The molecule has 1 heterocycles. The summed E-state index contributed by atoms with van der Waals surface area (Å²) in [5.74, 6) is -0.193. The largest absolute Gasteiger partial charge is 0.376 e. The van der Waals surface area contributed by atoms with Crippen molar-refractivity contribution in [3.8, 4) is 0 Å². The van der Waals surface area contributed by atoms with Crippen molar-refractivity contribution in [2.24, 2.45) is 0 Å². The Bertz CT molecular complexity index is 873. The van der Waals surface area contributed by atoms with Gasteiger partial charge in [-0.25, -0.2) is 8.42 Å². The summed E-state index contributed by atoms with van der Waals surface area (Å²) in [7, 11) is -3.43. The molecule has 0 aromatic heterocycles. The van der Waals surface area contributed by atoms with Gasteiger partial charge in [0.05, 0.1) is 11.4 Å². The van der Waals surface area contributed by atoms with Gasteiger partial charge in [0.2, 0.25) is 15.9 Å². The lowest BCUT2D eigenvalue weighted by Crippen LogP contribution is -2.27. The third kappa shape index (κ3) is 4.42. The lowest BCUT2D eigenvalue weighted by molar-refractivity contribution is -0.114. The zero-order chi connectivity index (χ0) is 18.6. The molecule has 1 amide bonds. The molecule has 2 N–H and O–H groups in total. The van der Waals surface area contributed by atoms with Gasteiger partial charge in [-0.3, -0.25) is 4.79 Å². The van der Waals surface area contributed by atoms with Crippen LogP contribution in [0.3, 0.4) is 0 Å². The third-order valence-corrected chi connectivity index (χ3v) is 6.22. The SMILES string of the molecule is Cc1cccc(NCC(=O)Nc2ccc(S(=O)(=O)N3CCCC3)cc2)c1. The van der Waals surface area contributed by atoms with Crippen molar-refractivity contribution in [1.82, 2.24) is 4.31 Å². The van der Waals surface area contributed by atoms with Crippen LogP contribution in [-0.2, 0) is 14.8 Å². The van der Waals surface area contributed by atoms with E-state index in [9.17, 15) is 13.2 Å². The van der Waals surface area contributed by atoms with E-state index in [1.165, 1.54) is 16.4 Å². The Balaban J connectivity index is 1.57. The highest BCUT2D eigenvalue weighted by atomic mass is 32.2. The highest BCUT2D eigenvalue weighted by Crippen LogP contribution is 2.22. The highest BCUT2D eigenvalue weighted by Gasteiger charge is 2.26. The number of hydrogen-bond acceptors (Lipinski definition) is 4. The maximum absolute atomic E-state index is 12.5. The van der Waals surface area contributed by atoms with E-state index in [0.29, 0.717) is 18.8 Å². The molecule has 0 radical (unpaired) electrons. The monoisotopic (exact) mass is 373 g/mol. The molecule has 0 spiro atoms. The minimum Gasteiger partial charge on any atom is -0.376 e. The maximum Gasteiger partial charge on any atom is 0.243 e. The Morgan fingerprint density at radius 1 is 1.04 bits per heavy atom. The standard InChI is InChI=1S/C19H23N3O3S/c1-15-5-4-6-17(13-15)20-14-19(23)21-16-7-9-18(10-8-16)26(24,25)22-11-2-3-12-22/h4-10,13,20H,2-3,11-12,14H2,1H3,(H,21,23). The number of aryl methyl sites for hydroxylation is 1. The average Bonchev–Trinajstić information content (AvgIpc) is 3.16. The van der Waals surface area contributed by atoms with Crippen molar-refractivity contribution in [2.75, 3.05) is 30.3 Å². The van der Waals surface area contributed by atoms with Crippen LogP contribution in [0.15, 0.2) is 53.4 Å². The van der Waals surface area contributed by atoms with E-state index >= 15 is 0 Å². The predicted molar refractivity (Wildman–Crippen MR) is 103 cm³/mol. The molecule has 0 aliphatic carbocycles. The van der Waals surface area contributed by atoms with Gasteiger partial charge < -0.3 is 10.6 Å². The van der Waals surface area contributed by atoms with E-state index in [0.717, 1.165) is 24.1 Å². The number of anilines is 2. The molecule has 1 aliphatic rings. The molecule has 0 unspecified atom stereocenters. The number of sulfonamides is 1. The fraction of sp³-hybridized carbons (Fsp3) is 0.316. The number of hydrogen-bond donors (Lipinski definition) is 2. The second-order valence-corrected chi connectivity index (χ2v) is 8.34. The number of amides is 1. The van der Waals surface area contributed by atoms with Gasteiger partial charge >= 0.3 is 0 Å². The molecule has 0 bridgehead atoms. The summed E-state index contributed by atoms with van der Waals surface area (Å²) in [6, 6.07) is 14.1. The summed E-state index contributed by atoms with van der Waals surface area (Å²) in [5.41, 5.74) is 2.57. The van der Waals surface area contributed by atoms with Gasteiger partial charge in [-0.05, 0) is 61.7 Å². The van der Waals surface area contributed by atoms with E-state index in [4.69, 9.17) is 0 Å². The number of nitrogens with zero attached hydrogens (tertiary/aromatic N) is 1. The van der Waals surface area contributed by atoms with E-state index in [1.807, 2.05) is 31.2 Å². The Morgan fingerprint density at radius 2 is 1.73 bits per heavy atom. The Morgan fingerprint density at radius 3 is 2.38 bits per heavy atom. The lowest BCUT2D eigenvalue weighted by Gasteiger charge is -2.15. The molecule has 138 valence electrons. The van der Waals surface area contributed by atoms with Gasteiger partial charge in [-0.1, -0.05) is 12.1 Å². The van der Waals surface area contributed by atoms with Crippen LogP contribution in [0.5, 0.6) is 0 Å². The Kier molecular flexibility index (Phi) is 5.58. The number of carbonyl (C=O) groups excluding carboxylic acids is 1. The van der Waals surface area contributed by atoms with Gasteiger partial charge in [-0.15, -0.1) is 0 Å². The van der Waals surface area contributed by atoms with Gasteiger partial charge in [-0.2, -0.15) is 4.31 Å². The van der Waals surface area contributed by atoms with E-state index in [-0.39, 0.29) is 17.3 Å². The van der Waals surface area contributed by atoms with E-state index < -0.39 is 10.0 Å². The zero-order valence-electron chi connectivity index (χ0n) is 14.7. The quantitative estimate of drug-likeness (QED) is 0.816. The van der Waals surface area contributed by atoms with E-state index in [1.54, 1.807) is 12.1 Å². The molecule has 26 heavy (non-hydrogen) atoms.